The molecule has 2 heteroatoms. The van der Waals surface area contributed by atoms with Crippen LogP contribution in [0.15, 0.2) is 34.8 Å². The molecule has 2 aromatic rings. The second-order valence-electron chi connectivity index (χ2n) is 5.28. The van der Waals surface area contributed by atoms with E-state index in [1.54, 1.807) is 0 Å². The van der Waals surface area contributed by atoms with Gasteiger partial charge >= 0.3 is 0 Å². The number of hydrogen-bond acceptors (Lipinski definition) is 1. The highest BCUT2D eigenvalue weighted by Gasteiger charge is 2.13. The van der Waals surface area contributed by atoms with Crippen molar-refractivity contribution in [3.63, 3.8) is 0 Å². The molecule has 2 aromatic carbocycles. The summed E-state index contributed by atoms with van der Waals surface area (Å²) in [5.41, 5.74) is 13.9. The summed E-state index contributed by atoms with van der Waals surface area (Å²) >= 11 is 3.57. The minimum atomic E-state index is -0.0638. The molecule has 0 amide bonds. The van der Waals surface area contributed by atoms with Crippen LogP contribution in [0.4, 0.5) is 0 Å². The van der Waals surface area contributed by atoms with Crippen LogP contribution in [0.3, 0.4) is 0 Å². The van der Waals surface area contributed by atoms with Crippen molar-refractivity contribution in [1.82, 2.24) is 0 Å². The quantitative estimate of drug-likeness (QED) is 0.851. The molecule has 0 aromatic heterocycles. The number of aryl methyl sites for hydroxylation is 4. The van der Waals surface area contributed by atoms with E-state index in [1.807, 2.05) is 0 Å². The lowest BCUT2D eigenvalue weighted by Crippen LogP contribution is -2.14. The van der Waals surface area contributed by atoms with Crippen LogP contribution in [0.5, 0.6) is 0 Å². The van der Waals surface area contributed by atoms with Gasteiger partial charge in [-0.25, -0.2) is 0 Å². The minimum absolute atomic E-state index is 0.0638. The van der Waals surface area contributed by atoms with E-state index >= 15 is 0 Å². The number of benzene rings is 2. The summed E-state index contributed by atoms with van der Waals surface area (Å²) in [5.74, 6) is 0. The van der Waals surface area contributed by atoms with E-state index < -0.39 is 0 Å². The molecule has 1 nitrogen and oxygen atoms in total. The van der Waals surface area contributed by atoms with Gasteiger partial charge in [-0.1, -0.05) is 40.2 Å². The highest BCUT2D eigenvalue weighted by molar-refractivity contribution is 9.10. The van der Waals surface area contributed by atoms with E-state index in [0.717, 1.165) is 4.47 Å². The summed E-state index contributed by atoms with van der Waals surface area (Å²) in [5, 5.41) is 0. The second-order valence-corrected chi connectivity index (χ2v) is 6.13. The first-order valence-electron chi connectivity index (χ1n) is 6.49. The Labute approximate surface area is 124 Å². The Balaban J connectivity index is 2.46. The zero-order chi connectivity index (χ0) is 14.2. The summed E-state index contributed by atoms with van der Waals surface area (Å²) < 4.78 is 1.14. The van der Waals surface area contributed by atoms with E-state index in [9.17, 15) is 0 Å². The van der Waals surface area contributed by atoms with Crippen molar-refractivity contribution in [3.05, 3.63) is 68.2 Å². The molecular weight excluding hydrogens is 298 g/mol. The zero-order valence-corrected chi connectivity index (χ0v) is 13.5. The molecule has 0 aliphatic rings. The fraction of sp³-hybridized carbons (Fsp3) is 0.294. The molecule has 2 N–H and O–H groups in total. The summed E-state index contributed by atoms with van der Waals surface area (Å²) in [6.07, 6.45) is 0. The van der Waals surface area contributed by atoms with Crippen LogP contribution in [0.25, 0.3) is 0 Å². The Bertz CT molecular complexity index is 617. The molecule has 1 atom stereocenters. The molecule has 19 heavy (non-hydrogen) atoms. The molecular formula is C17H20BrN. The van der Waals surface area contributed by atoms with Crippen molar-refractivity contribution in [3.8, 4) is 0 Å². The molecule has 0 saturated carbocycles. The van der Waals surface area contributed by atoms with E-state index in [2.05, 4.69) is 74.0 Å². The van der Waals surface area contributed by atoms with Crippen molar-refractivity contribution >= 4 is 15.9 Å². The molecule has 0 saturated heterocycles. The van der Waals surface area contributed by atoms with Crippen molar-refractivity contribution in [2.45, 2.75) is 33.7 Å². The van der Waals surface area contributed by atoms with Crippen LogP contribution < -0.4 is 5.73 Å². The van der Waals surface area contributed by atoms with Gasteiger partial charge in [0.2, 0.25) is 0 Å². The summed E-state index contributed by atoms with van der Waals surface area (Å²) in [7, 11) is 0. The monoisotopic (exact) mass is 317 g/mol. The zero-order valence-electron chi connectivity index (χ0n) is 11.9. The largest absolute Gasteiger partial charge is 0.320 e. The Kier molecular flexibility index (Phi) is 4.12. The van der Waals surface area contributed by atoms with Gasteiger partial charge in [-0.2, -0.15) is 0 Å². The maximum Gasteiger partial charge on any atom is 0.0554 e. The van der Waals surface area contributed by atoms with Crippen LogP contribution in [-0.4, -0.2) is 0 Å². The SMILES string of the molecule is Cc1ccc(C(N)c2cc(C)c(Br)cc2C)cc1C. The lowest BCUT2D eigenvalue weighted by Gasteiger charge is -2.18. The number of nitrogens with two attached hydrogens (primary N) is 1. The molecule has 0 aliphatic carbocycles. The topological polar surface area (TPSA) is 26.0 Å². The van der Waals surface area contributed by atoms with Crippen LogP contribution in [0.1, 0.15) is 39.4 Å². The summed E-state index contributed by atoms with van der Waals surface area (Å²) in [6, 6.07) is 10.7. The van der Waals surface area contributed by atoms with E-state index in [-0.39, 0.29) is 6.04 Å². The summed E-state index contributed by atoms with van der Waals surface area (Å²) in [4.78, 5) is 0. The average Bonchev–Trinajstić information content (AvgIpc) is 2.36. The smallest absolute Gasteiger partial charge is 0.0554 e. The number of halogens is 1. The lowest BCUT2D eigenvalue weighted by molar-refractivity contribution is 0.856. The molecule has 0 bridgehead atoms. The fourth-order valence-electron chi connectivity index (χ4n) is 2.28. The van der Waals surface area contributed by atoms with Gasteiger partial charge in [0.15, 0.2) is 0 Å². The molecule has 0 heterocycles. The predicted octanol–water partition coefficient (Wildman–Crippen LogP) is 4.73. The Morgan fingerprint density at radius 3 is 2.16 bits per heavy atom. The van der Waals surface area contributed by atoms with Gasteiger partial charge < -0.3 is 5.73 Å². The van der Waals surface area contributed by atoms with Crippen LogP contribution in [0, 0.1) is 27.7 Å². The first kappa shape index (κ1) is 14.3. The normalized spacial score (nSPS) is 12.5. The molecule has 0 aliphatic heterocycles. The van der Waals surface area contributed by atoms with Gasteiger partial charge in [-0.15, -0.1) is 0 Å². The van der Waals surface area contributed by atoms with E-state index in [0.29, 0.717) is 0 Å². The maximum atomic E-state index is 6.44. The fourth-order valence-corrected chi connectivity index (χ4v) is 2.73. The standard InChI is InChI=1S/C17H20BrN/c1-10-5-6-14(7-11(10)2)17(19)15-8-13(4)16(18)9-12(15)3/h5-9,17H,19H2,1-4H3. The molecule has 0 radical (unpaired) electrons. The average molecular weight is 318 g/mol. The van der Waals surface area contributed by atoms with Gasteiger partial charge in [-0.05, 0) is 67.1 Å². The highest BCUT2D eigenvalue weighted by Crippen LogP contribution is 2.28. The van der Waals surface area contributed by atoms with Crippen molar-refractivity contribution < 1.29 is 0 Å². The van der Waals surface area contributed by atoms with Crippen molar-refractivity contribution in [2.24, 2.45) is 5.73 Å². The molecule has 100 valence electrons. The van der Waals surface area contributed by atoms with Gasteiger partial charge in [0, 0.05) is 4.47 Å². The lowest BCUT2D eigenvalue weighted by atomic mass is 9.92. The van der Waals surface area contributed by atoms with Gasteiger partial charge in [0.25, 0.3) is 0 Å². The molecule has 0 fully saturated rings. The number of hydrogen-bond donors (Lipinski definition) is 1. The first-order chi connectivity index (χ1) is 8.90. The maximum absolute atomic E-state index is 6.44. The van der Waals surface area contributed by atoms with E-state index in [1.165, 1.54) is 33.4 Å². The Morgan fingerprint density at radius 2 is 1.53 bits per heavy atom. The molecule has 0 spiro atoms. The van der Waals surface area contributed by atoms with Crippen LogP contribution >= 0.6 is 15.9 Å². The Morgan fingerprint density at radius 1 is 0.842 bits per heavy atom. The van der Waals surface area contributed by atoms with Crippen molar-refractivity contribution in [2.75, 3.05) is 0 Å². The third-order valence-electron chi connectivity index (χ3n) is 3.77. The van der Waals surface area contributed by atoms with Gasteiger partial charge in [0.1, 0.15) is 0 Å². The molecule has 2 rings (SSSR count). The Hall–Kier alpha value is -1.12. The third-order valence-corrected chi connectivity index (χ3v) is 4.63. The molecule has 1 unspecified atom stereocenters. The summed E-state index contributed by atoms with van der Waals surface area (Å²) in [6.45, 7) is 8.46. The second kappa shape index (κ2) is 5.48. The minimum Gasteiger partial charge on any atom is -0.320 e. The van der Waals surface area contributed by atoms with Crippen LogP contribution in [-0.2, 0) is 0 Å². The van der Waals surface area contributed by atoms with Gasteiger partial charge in [0.05, 0.1) is 6.04 Å². The van der Waals surface area contributed by atoms with E-state index in [4.69, 9.17) is 5.73 Å². The van der Waals surface area contributed by atoms with Crippen molar-refractivity contribution in [1.29, 1.82) is 0 Å². The predicted molar refractivity (Wildman–Crippen MR) is 85.6 cm³/mol. The van der Waals surface area contributed by atoms with Crippen LogP contribution in [0.2, 0.25) is 0 Å². The van der Waals surface area contributed by atoms with Gasteiger partial charge in [-0.3, -0.25) is 0 Å². The third kappa shape index (κ3) is 2.90. The number of rotatable bonds is 2. The highest BCUT2D eigenvalue weighted by atomic mass is 79.9. The first-order valence-corrected chi connectivity index (χ1v) is 7.29.